The van der Waals surface area contributed by atoms with Gasteiger partial charge in [0.25, 0.3) is 0 Å². The molecule has 0 aliphatic heterocycles. The first-order valence-electron chi connectivity index (χ1n) is 11.8. The highest BCUT2D eigenvalue weighted by Crippen LogP contribution is 2.54. The predicted molar refractivity (Wildman–Crippen MR) is 138 cm³/mol. The number of rotatable bonds is 3. The van der Waals surface area contributed by atoms with E-state index in [1.54, 1.807) is 0 Å². The van der Waals surface area contributed by atoms with Crippen LogP contribution in [0.3, 0.4) is 0 Å². The molecule has 1 aromatic heterocycles. The Morgan fingerprint density at radius 3 is 2.42 bits per heavy atom. The maximum absolute atomic E-state index is 12.6. The zero-order chi connectivity index (χ0) is 22.4. The van der Waals surface area contributed by atoms with Gasteiger partial charge in [-0.05, 0) is 66.0 Å². The minimum absolute atomic E-state index is 0.195. The highest BCUT2D eigenvalue weighted by atomic mass is 79.9. The molecule has 33 heavy (non-hydrogen) atoms. The maximum Gasteiger partial charge on any atom is 0.155 e. The first-order chi connectivity index (χ1) is 16.2. The predicted octanol–water partition coefficient (Wildman–Crippen LogP) is 7.70. The molecular weight excluding hydrogens is 470 g/mol. The van der Waals surface area contributed by atoms with E-state index in [1.165, 1.54) is 38.9 Å². The van der Waals surface area contributed by atoms with Crippen LogP contribution in [0.15, 0.2) is 95.0 Å². The summed E-state index contributed by atoms with van der Waals surface area (Å²) in [5.41, 5.74) is 7.89. The number of nitrogens with one attached hydrogen (secondary N) is 1. The average molecular weight is 496 g/mol. The van der Waals surface area contributed by atoms with Crippen molar-refractivity contribution in [2.45, 2.75) is 37.5 Å². The molecule has 0 unspecified atom stereocenters. The number of aromatic nitrogens is 1. The summed E-state index contributed by atoms with van der Waals surface area (Å²) >= 11 is 3.85. The van der Waals surface area contributed by atoms with Gasteiger partial charge in [-0.15, -0.1) is 0 Å². The summed E-state index contributed by atoms with van der Waals surface area (Å²) in [4.78, 5) is 16.4. The molecular formula is C30H26BrNO. The van der Waals surface area contributed by atoms with Crippen molar-refractivity contribution < 1.29 is 4.79 Å². The fourth-order valence-corrected chi connectivity index (χ4v) is 6.74. The Hall–Kier alpha value is -2.91. The fraction of sp³-hybridized carbons (Fsp3) is 0.233. The number of hydrogen-bond donors (Lipinski definition) is 1. The third-order valence-electron chi connectivity index (χ3n) is 7.48. The Labute approximate surface area is 202 Å². The zero-order valence-corrected chi connectivity index (χ0v) is 20.0. The van der Waals surface area contributed by atoms with E-state index in [-0.39, 0.29) is 23.5 Å². The van der Waals surface area contributed by atoms with Crippen LogP contribution in [0.5, 0.6) is 0 Å². The number of halogens is 1. The molecule has 0 spiro atoms. The Morgan fingerprint density at radius 2 is 1.61 bits per heavy atom. The topological polar surface area (TPSA) is 32.9 Å². The van der Waals surface area contributed by atoms with Gasteiger partial charge in [0.15, 0.2) is 5.78 Å². The molecule has 0 amide bonds. The molecule has 0 fully saturated rings. The second kappa shape index (κ2) is 8.46. The van der Waals surface area contributed by atoms with Crippen LogP contribution in [0.1, 0.15) is 53.5 Å². The molecule has 0 radical (unpaired) electrons. The number of fused-ring (bicyclic) bond motifs is 3. The van der Waals surface area contributed by atoms with Crippen molar-refractivity contribution in [3.8, 4) is 0 Å². The quantitative estimate of drug-likeness (QED) is 0.310. The van der Waals surface area contributed by atoms with Gasteiger partial charge in [0.2, 0.25) is 0 Å². The first kappa shape index (κ1) is 20.7. The number of allylic oxidation sites excluding steroid dienone is 2. The second-order valence-corrected chi connectivity index (χ2v) is 10.2. The van der Waals surface area contributed by atoms with Gasteiger partial charge in [0.05, 0.1) is 0 Å². The monoisotopic (exact) mass is 495 g/mol. The van der Waals surface area contributed by atoms with Gasteiger partial charge in [0, 0.05) is 33.4 Å². The number of hydrogen-bond acceptors (Lipinski definition) is 1. The number of carbonyl (C=O) groups is 1. The Bertz CT molecular complexity index is 1370. The standard InChI is InChI=1S/C30H26BrNO/c31-25-15-6-4-13-22(25)24-18-27-30(23-14-5-7-16-26(23)32-27)29(19-9-2-1-3-10-19)28(24)20-11-8-12-21(33)17-20/h1-7,9-10,13-17,24,28-29,32H,8,11-12,18H2/t24-,28+,29-/m0/s1. The summed E-state index contributed by atoms with van der Waals surface area (Å²) in [5.74, 6) is 0.990. The molecule has 2 aliphatic rings. The van der Waals surface area contributed by atoms with Crippen molar-refractivity contribution in [2.75, 3.05) is 0 Å². The van der Waals surface area contributed by atoms with Crippen LogP contribution < -0.4 is 0 Å². The molecule has 3 aromatic carbocycles. The summed E-state index contributed by atoms with van der Waals surface area (Å²) in [6, 6.07) is 28.2. The molecule has 4 aromatic rings. The maximum atomic E-state index is 12.6. The Morgan fingerprint density at radius 1 is 0.848 bits per heavy atom. The van der Waals surface area contributed by atoms with E-state index in [1.807, 2.05) is 6.08 Å². The van der Waals surface area contributed by atoms with Crippen LogP contribution in [0.2, 0.25) is 0 Å². The smallest absolute Gasteiger partial charge is 0.155 e. The molecule has 1 heterocycles. The minimum atomic E-state index is 0.195. The largest absolute Gasteiger partial charge is 0.358 e. The molecule has 1 N–H and O–H groups in total. The van der Waals surface area contributed by atoms with Gasteiger partial charge in [-0.2, -0.15) is 0 Å². The number of para-hydroxylation sites is 1. The van der Waals surface area contributed by atoms with E-state index >= 15 is 0 Å². The summed E-state index contributed by atoms with van der Waals surface area (Å²) in [5, 5.41) is 1.31. The molecule has 0 saturated carbocycles. The number of carbonyl (C=O) groups excluding carboxylic acids is 1. The highest BCUT2D eigenvalue weighted by molar-refractivity contribution is 9.10. The zero-order valence-electron chi connectivity index (χ0n) is 18.4. The van der Waals surface area contributed by atoms with Gasteiger partial charge < -0.3 is 4.98 Å². The average Bonchev–Trinajstić information content (AvgIpc) is 3.22. The lowest BCUT2D eigenvalue weighted by Gasteiger charge is -2.42. The summed E-state index contributed by atoms with van der Waals surface area (Å²) in [7, 11) is 0. The van der Waals surface area contributed by atoms with E-state index in [2.05, 4.69) is 99.8 Å². The van der Waals surface area contributed by atoms with Crippen molar-refractivity contribution in [2.24, 2.45) is 5.92 Å². The van der Waals surface area contributed by atoms with Crippen molar-refractivity contribution in [1.29, 1.82) is 0 Å². The SMILES string of the molecule is O=C1C=C([C@H]2[C@H](c3ccccc3)c3c([nH]c4ccccc34)C[C@H]2c2ccccc2Br)CCC1. The van der Waals surface area contributed by atoms with Crippen LogP contribution in [-0.2, 0) is 11.2 Å². The van der Waals surface area contributed by atoms with Crippen molar-refractivity contribution in [3.05, 3.63) is 117 Å². The van der Waals surface area contributed by atoms with E-state index in [0.29, 0.717) is 6.42 Å². The summed E-state index contributed by atoms with van der Waals surface area (Å²) in [6.45, 7) is 0. The Balaban J connectivity index is 1.65. The summed E-state index contributed by atoms with van der Waals surface area (Å²) in [6.07, 6.45) is 5.54. The van der Waals surface area contributed by atoms with E-state index < -0.39 is 0 Å². The normalized spacial score (nSPS) is 22.8. The van der Waals surface area contributed by atoms with Gasteiger partial charge in [-0.25, -0.2) is 0 Å². The van der Waals surface area contributed by atoms with E-state index in [0.717, 1.165) is 23.7 Å². The van der Waals surface area contributed by atoms with E-state index in [9.17, 15) is 4.79 Å². The third-order valence-corrected chi connectivity index (χ3v) is 8.20. The first-order valence-corrected chi connectivity index (χ1v) is 12.6. The molecule has 2 aliphatic carbocycles. The lowest BCUT2D eigenvalue weighted by Crippen LogP contribution is -2.31. The molecule has 6 rings (SSSR count). The van der Waals surface area contributed by atoms with Crippen LogP contribution in [0, 0.1) is 5.92 Å². The number of H-pyrrole nitrogens is 1. The van der Waals surface area contributed by atoms with E-state index in [4.69, 9.17) is 0 Å². The molecule has 0 bridgehead atoms. The number of ketones is 1. The summed E-state index contributed by atoms with van der Waals surface area (Å²) < 4.78 is 1.15. The van der Waals surface area contributed by atoms with Crippen molar-refractivity contribution >= 4 is 32.6 Å². The fourth-order valence-electron chi connectivity index (χ4n) is 6.16. The second-order valence-electron chi connectivity index (χ2n) is 9.35. The molecule has 164 valence electrons. The van der Waals surface area contributed by atoms with Crippen LogP contribution >= 0.6 is 15.9 Å². The molecule has 3 heteroatoms. The minimum Gasteiger partial charge on any atom is -0.358 e. The lowest BCUT2D eigenvalue weighted by molar-refractivity contribution is -0.115. The van der Waals surface area contributed by atoms with Crippen LogP contribution in [0.4, 0.5) is 0 Å². The lowest BCUT2D eigenvalue weighted by atomic mass is 9.62. The van der Waals surface area contributed by atoms with Crippen molar-refractivity contribution in [3.63, 3.8) is 0 Å². The molecule has 2 nitrogen and oxygen atoms in total. The highest BCUT2D eigenvalue weighted by Gasteiger charge is 2.43. The van der Waals surface area contributed by atoms with Crippen LogP contribution in [-0.4, -0.2) is 10.8 Å². The van der Waals surface area contributed by atoms with Gasteiger partial charge in [-0.3, -0.25) is 4.79 Å². The number of aromatic amines is 1. The third kappa shape index (κ3) is 3.59. The van der Waals surface area contributed by atoms with Gasteiger partial charge in [0.1, 0.15) is 0 Å². The molecule has 3 atom stereocenters. The van der Waals surface area contributed by atoms with Gasteiger partial charge in [-0.1, -0.05) is 88.2 Å². The van der Waals surface area contributed by atoms with Crippen molar-refractivity contribution in [1.82, 2.24) is 4.98 Å². The van der Waals surface area contributed by atoms with Crippen LogP contribution in [0.25, 0.3) is 10.9 Å². The molecule has 0 saturated heterocycles. The Kier molecular flexibility index (Phi) is 5.30. The number of benzene rings is 3. The van der Waals surface area contributed by atoms with Gasteiger partial charge >= 0.3 is 0 Å².